The van der Waals surface area contributed by atoms with Gasteiger partial charge < -0.3 is 5.73 Å². The number of benzene rings is 1. The minimum absolute atomic E-state index is 0. The van der Waals surface area contributed by atoms with Crippen molar-refractivity contribution in [1.29, 1.82) is 0 Å². The van der Waals surface area contributed by atoms with Gasteiger partial charge in [0, 0.05) is 15.3 Å². The molecule has 16 heavy (non-hydrogen) atoms. The van der Waals surface area contributed by atoms with Gasteiger partial charge in [-0.3, -0.25) is 0 Å². The molecule has 0 aliphatic carbocycles. The van der Waals surface area contributed by atoms with Gasteiger partial charge >= 0.3 is 0 Å². The first-order valence-electron chi connectivity index (χ1n) is 5.39. The van der Waals surface area contributed by atoms with Crippen LogP contribution in [-0.2, 0) is 5.41 Å². The van der Waals surface area contributed by atoms with Gasteiger partial charge in [0.25, 0.3) is 0 Å². The third-order valence-corrected chi connectivity index (χ3v) is 4.26. The SMILES string of the molecule is CC1(C)CC(C)(C)c2cc(N)ccc2S1.Cl. The minimum Gasteiger partial charge on any atom is -0.399 e. The molecule has 1 aliphatic heterocycles. The topological polar surface area (TPSA) is 26.0 Å². The predicted molar refractivity (Wildman–Crippen MR) is 75.7 cm³/mol. The van der Waals surface area contributed by atoms with E-state index in [4.69, 9.17) is 5.73 Å². The van der Waals surface area contributed by atoms with Gasteiger partial charge in [0.1, 0.15) is 0 Å². The lowest BCUT2D eigenvalue weighted by molar-refractivity contribution is 0.408. The van der Waals surface area contributed by atoms with Crippen molar-refractivity contribution in [3.63, 3.8) is 0 Å². The second-order valence-electron chi connectivity index (χ2n) is 5.68. The molecule has 0 fully saturated rings. The summed E-state index contributed by atoms with van der Waals surface area (Å²) >= 11 is 1.97. The molecule has 0 unspecified atom stereocenters. The van der Waals surface area contributed by atoms with E-state index < -0.39 is 0 Å². The van der Waals surface area contributed by atoms with Gasteiger partial charge in [0.05, 0.1) is 0 Å². The molecule has 90 valence electrons. The van der Waals surface area contributed by atoms with E-state index in [0.29, 0.717) is 4.75 Å². The molecular formula is C13H20ClNS. The average molecular weight is 258 g/mol. The average Bonchev–Trinajstić information content (AvgIpc) is 2.03. The van der Waals surface area contributed by atoms with Crippen LogP contribution in [0.3, 0.4) is 0 Å². The Bertz CT molecular complexity index is 399. The first kappa shape index (κ1) is 13.7. The summed E-state index contributed by atoms with van der Waals surface area (Å²) in [6.45, 7) is 9.26. The smallest absolute Gasteiger partial charge is 0.0317 e. The Hall–Kier alpha value is -0.340. The molecule has 0 saturated heterocycles. The highest BCUT2D eigenvalue weighted by Gasteiger charge is 2.37. The lowest BCUT2D eigenvalue weighted by Gasteiger charge is -2.41. The van der Waals surface area contributed by atoms with E-state index >= 15 is 0 Å². The van der Waals surface area contributed by atoms with Gasteiger partial charge in [0.2, 0.25) is 0 Å². The summed E-state index contributed by atoms with van der Waals surface area (Å²) in [5.41, 5.74) is 8.38. The summed E-state index contributed by atoms with van der Waals surface area (Å²) < 4.78 is 0.326. The first-order chi connectivity index (χ1) is 6.80. The summed E-state index contributed by atoms with van der Waals surface area (Å²) in [6.07, 6.45) is 1.20. The molecule has 0 saturated carbocycles. The molecule has 0 spiro atoms. The number of nitrogens with two attached hydrogens (primary N) is 1. The minimum atomic E-state index is 0. The van der Waals surface area contributed by atoms with Gasteiger partial charge in [-0.1, -0.05) is 27.7 Å². The van der Waals surface area contributed by atoms with Crippen LogP contribution < -0.4 is 5.73 Å². The van der Waals surface area contributed by atoms with Crippen molar-refractivity contribution in [1.82, 2.24) is 0 Å². The number of thioether (sulfide) groups is 1. The number of nitrogen functional groups attached to an aromatic ring is 1. The molecule has 1 nitrogen and oxygen atoms in total. The van der Waals surface area contributed by atoms with Crippen LogP contribution in [0.15, 0.2) is 23.1 Å². The second-order valence-corrected chi connectivity index (χ2v) is 7.43. The highest BCUT2D eigenvalue weighted by atomic mass is 35.5. The molecule has 3 heteroatoms. The van der Waals surface area contributed by atoms with Crippen LogP contribution in [0.25, 0.3) is 0 Å². The Labute approximate surface area is 109 Å². The Morgan fingerprint density at radius 3 is 2.44 bits per heavy atom. The van der Waals surface area contributed by atoms with Crippen molar-refractivity contribution in [2.24, 2.45) is 0 Å². The van der Waals surface area contributed by atoms with E-state index in [-0.39, 0.29) is 17.8 Å². The van der Waals surface area contributed by atoms with Crippen molar-refractivity contribution >= 4 is 29.9 Å². The monoisotopic (exact) mass is 257 g/mol. The summed E-state index contributed by atoms with van der Waals surface area (Å²) in [4.78, 5) is 1.39. The third kappa shape index (κ3) is 2.49. The Morgan fingerprint density at radius 1 is 1.19 bits per heavy atom. The highest BCUT2D eigenvalue weighted by molar-refractivity contribution is 8.00. The van der Waals surface area contributed by atoms with Gasteiger partial charge in [0.15, 0.2) is 0 Å². The molecule has 1 aliphatic rings. The Balaban J connectivity index is 0.00000128. The lowest BCUT2D eigenvalue weighted by atomic mass is 9.77. The third-order valence-electron chi connectivity index (χ3n) is 2.99. The number of halogens is 1. The number of fused-ring (bicyclic) bond motifs is 1. The zero-order valence-electron chi connectivity index (χ0n) is 10.3. The van der Waals surface area contributed by atoms with Gasteiger partial charge in [-0.25, -0.2) is 0 Å². The van der Waals surface area contributed by atoms with E-state index in [9.17, 15) is 0 Å². The number of hydrogen-bond donors (Lipinski definition) is 1. The molecule has 1 heterocycles. The summed E-state index contributed by atoms with van der Waals surface area (Å²) in [6, 6.07) is 6.30. The molecule has 0 amide bonds. The zero-order chi connectivity index (χ0) is 11.3. The molecule has 0 atom stereocenters. The van der Waals surface area contributed by atoms with Crippen LogP contribution in [0.5, 0.6) is 0 Å². The summed E-state index contributed by atoms with van der Waals surface area (Å²) in [7, 11) is 0. The molecule has 1 aromatic rings. The molecule has 1 aromatic carbocycles. The molecule has 0 radical (unpaired) electrons. The predicted octanol–water partition coefficient (Wildman–Crippen LogP) is 4.24. The number of hydrogen-bond acceptors (Lipinski definition) is 2. The second kappa shape index (κ2) is 4.15. The van der Waals surface area contributed by atoms with Crippen LogP contribution in [-0.4, -0.2) is 4.75 Å². The van der Waals surface area contributed by atoms with E-state index in [1.165, 1.54) is 16.9 Å². The molecular weight excluding hydrogens is 238 g/mol. The van der Waals surface area contributed by atoms with Crippen molar-refractivity contribution < 1.29 is 0 Å². The first-order valence-corrected chi connectivity index (χ1v) is 6.21. The fourth-order valence-electron chi connectivity index (χ4n) is 2.66. The quantitative estimate of drug-likeness (QED) is 0.704. The molecule has 2 rings (SSSR count). The lowest BCUT2D eigenvalue weighted by Crippen LogP contribution is -2.33. The summed E-state index contributed by atoms with van der Waals surface area (Å²) in [5, 5.41) is 0. The van der Waals surface area contributed by atoms with Crippen molar-refractivity contribution in [2.45, 2.75) is 49.2 Å². The maximum Gasteiger partial charge on any atom is 0.0317 e. The van der Waals surface area contributed by atoms with Crippen LogP contribution in [0.4, 0.5) is 5.69 Å². The highest BCUT2D eigenvalue weighted by Crippen LogP contribution is 2.51. The van der Waals surface area contributed by atoms with Gasteiger partial charge in [-0.15, -0.1) is 24.2 Å². The maximum atomic E-state index is 5.86. The largest absolute Gasteiger partial charge is 0.399 e. The molecule has 0 aromatic heterocycles. The Morgan fingerprint density at radius 2 is 1.81 bits per heavy atom. The van der Waals surface area contributed by atoms with Crippen molar-refractivity contribution in [2.75, 3.05) is 5.73 Å². The van der Waals surface area contributed by atoms with Crippen LogP contribution >= 0.6 is 24.2 Å². The number of anilines is 1. The van der Waals surface area contributed by atoms with Crippen molar-refractivity contribution in [3.8, 4) is 0 Å². The zero-order valence-corrected chi connectivity index (χ0v) is 12.0. The Kier molecular flexibility index (Phi) is 3.56. The van der Waals surface area contributed by atoms with Crippen molar-refractivity contribution in [3.05, 3.63) is 23.8 Å². The normalized spacial score (nSPS) is 20.8. The fourth-order valence-corrected chi connectivity index (χ4v) is 4.27. The number of rotatable bonds is 0. The van der Waals surface area contributed by atoms with Crippen LogP contribution in [0.2, 0.25) is 0 Å². The van der Waals surface area contributed by atoms with E-state index in [1.807, 2.05) is 17.8 Å². The fraction of sp³-hybridized carbons (Fsp3) is 0.538. The van der Waals surface area contributed by atoms with E-state index in [1.54, 1.807) is 0 Å². The van der Waals surface area contributed by atoms with Gasteiger partial charge in [-0.2, -0.15) is 0 Å². The standard InChI is InChI=1S/C13H19NS.ClH/c1-12(2)8-13(3,4)15-11-6-5-9(14)7-10(11)12;/h5-7H,8,14H2,1-4H3;1H. The molecule has 0 bridgehead atoms. The summed E-state index contributed by atoms with van der Waals surface area (Å²) in [5.74, 6) is 0. The maximum absolute atomic E-state index is 5.86. The molecule has 2 N–H and O–H groups in total. The van der Waals surface area contributed by atoms with Gasteiger partial charge in [-0.05, 0) is 35.6 Å². The van der Waals surface area contributed by atoms with Crippen LogP contribution in [0.1, 0.15) is 39.7 Å². The van der Waals surface area contributed by atoms with E-state index in [2.05, 4.69) is 39.8 Å². The van der Waals surface area contributed by atoms with E-state index in [0.717, 1.165) is 5.69 Å². The van der Waals surface area contributed by atoms with Crippen LogP contribution in [0, 0.1) is 0 Å².